The zero-order valence-corrected chi connectivity index (χ0v) is 25.6. The number of amides is 1. The molecule has 1 aliphatic rings. The number of nitrogens with zero attached hydrogens (tertiary/aromatic N) is 3. The van der Waals surface area contributed by atoms with Gasteiger partial charge in [0.25, 0.3) is 0 Å². The molecular formula is C25H18Br2F6N4O3S2. The van der Waals surface area contributed by atoms with E-state index in [-0.39, 0.29) is 10.3 Å². The van der Waals surface area contributed by atoms with E-state index in [1.807, 2.05) is 24.3 Å². The largest absolute Gasteiger partial charge is 0.447 e. The van der Waals surface area contributed by atoms with Crippen LogP contribution >= 0.6 is 54.5 Å². The number of nitrogens with one attached hydrogen (secondary N) is 1. The predicted molar refractivity (Wildman–Crippen MR) is 155 cm³/mol. The van der Waals surface area contributed by atoms with Crippen LogP contribution in [0.4, 0.5) is 41.4 Å². The van der Waals surface area contributed by atoms with Crippen LogP contribution in [-0.4, -0.2) is 58.8 Å². The van der Waals surface area contributed by atoms with Crippen LogP contribution in [0.1, 0.15) is 0 Å². The van der Waals surface area contributed by atoms with Crippen LogP contribution in [0.15, 0.2) is 68.2 Å². The fourth-order valence-corrected chi connectivity index (χ4v) is 5.65. The van der Waals surface area contributed by atoms with Crippen molar-refractivity contribution in [2.75, 3.05) is 23.4 Å². The second-order valence-corrected chi connectivity index (χ2v) is 12.0. The van der Waals surface area contributed by atoms with Gasteiger partial charge in [0.05, 0.1) is 18.0 Å². The molecule has 7 nitrogen and oxygen atoms in total. The maximum absolute atomic E-state index is 12.9. The molecule has 4 aromatic rings. The first-order valence-corrected chi connectivity index (χ1v) is 15.0. The highest BCUT2D eigenvalue weighted by Gasteiger charge is 2.52. The topological polar surface area (TPSA) is 87.6 Å². The summed E-state index contributed by atoms with van der Waals surface area (Å²) in [6, 6.07) is 10.5. The molecule has 2 atom stereocenters. The number of rotatable bonds is 6. The number of aromatic nitrogens is 2. The molecule has 17 heteroatoms. The van der Waals surface area contributed by atoms with Crippen molar-refractivity contribution < 1.29 is 41.0 Å². The van der Waals surface area contributed by atoms with E-state index >= 15 is 0 Å². The number of aliphatic hydroxyl groups is 1. The summed E-state index contributed by atoms with van der Waals surface area (Å²) in [6.45, 7) is -1.74. The Morgan fingerprint density at radius 1 is 0.929 bits per heavy atom. The number of halogens is 8. The van der Waals surface area contributed by atoms with Gasteiger partial charge < -0.3 is 15.2 Å². The standard InChI is InChI=1S/C13H8BrF3N2O2S.C12H10BrF3N2OS/c14-8-3-1-7(2-4-8)9-6-22-11(18-9)19-10(13(15,16)17)5-21-12(19)20;13-8-3-1-7(2-4-8)9-6-20-11(17-9)18-10(5-19)12(14,15)16/h1-4,6,10H,5H2;1-4,6,10,19H,5H2,(H,17,18). The van der Waals surface area contributed by atoms with Gasteiger partial charge in [-0.25, -0.2) is 19.7 Å². The summed E-state index contributed by atoms with van der Waals surface area (Å²) in [7, 11) is 0. The third-order valence-electron chi connectivity index (χ3n) is 5.61. The third-order valence-corrected chi connectivity index (χ3v) is 8.28. The van der Waals surface area contributed by atoms with Crippen molar-refractivity contribution >= 4 is 70.9 Å². The molecule has 1 fully saturated rings. The van der Waals surface area contributed by atoms with Crippen molar-refractivity contribution in [2.24, 2.45) is 0 Å². The Kier molecular flexibility index (Phi) is 10.2. The SMILES string of the molecule is O=C1OCC(C(F)(F)F)N1c1nc(-c2ccc(Br)cc2)cs1.OCC(Nc1nc(-c2ccc(Br)cc2)cs1)C(F)(F)F. The number of alkyl halides is 6. The van der Waals surface area contributed by atoms with Gasteiger partial charge in [-0.15, -0.1) is 22.7 Å². The fraction of sp³-hybridized carbons (Fsp3) is 0.240. The number of carbonyl (C=O) groups is 1. The molecule has 2 aromatic carbocycles. The minimum Gasteiger partial charge on any atom is -0.447 e. The number of hydrogen-bond acceptors (Lipinski definition) is 8. The van der Waals surface area contributed by atoms with E-state index < -0.39 is 43.7 Å². The van der Waals surface area contributed by atoms with E-state index in [1.54, 1.807) is 35.0 Å². The van der Waals surface area contributed by atoms with E-state index in [4.69, 9.17) is 5.11 Å². The Morgan fingerprint density at radius 3 is 1.95 bits per heavy atom. The van der Waals surface area contributed by atoms with Gasteiger partial charge in [0, 0.05) is 30.8 Å². The molecule has 0 radical (unpaired) electrons. The van der Waals surface area contributed by atoms with Gasteiger partial charge in [0.15, 0.2) is 16.3 Å². The van der Waals surface area contributed by atoms with Crippen molar-refractivity contribution in [3.8, 4) is 22.5 Å². The molecule has 0 bridgehead atoms. The number of ether oxygens (including phenoxy) is 1. The van der Waals surface area contributed by atoms with E-state index in [1.165, 1.54) is 0 Å². The van der Waals surface area contributed by atoms with Crippen LogP contribution in [-0.2, 0) is 4.74 Å². The van der Waals surface area contributed by atoms with E-state index in [9.17, 15) is 31.1 Å². The minimum absolute atomic E-state index is 0.0252. The predicted octanol–water partition coefficient (Wildman–Crippen LogP) is 8.37. The van der Waals surface area contributed by atoms with Gasteiger partial charge >= 0.3 is 18.4 Å². The van der Waals surface area contributed by atoms with E-state index in [2.05, 4.69) is 51.9 Å². The van der Waals surface area contributed by atoms with Gasteiger partial charge in [0.1, 0.15) is 12.6 Å². The molecule has 0 aliphatic carbocycles. The highest BCUT2D eigenvalue weighted by molar-refractivity contribution is 9.10. The van der Waals surface area contributed by atoms with Crippen molar-refractivity contribution in [2.45, 2.75) is 24.4 Å². The molecule has 5 rings (SSSR count). The number of anilines is 2. The number of benzene rings is 2. The third kappa shape index (κ3) is 8.00. The highest BCUT2D eigenvalue weighted by atomic mass is 79.9. The van der Waals surface area contributed by atoms with Crippen LogP contribution in [0.25, 0.3) is 22.5 Å². The number of carbonyl (C=O) groups excluding carboxylic acids is 1. The molecule has 2 unspecified atom stereocenters. The molecule has 0 spiro atoms. The van der Waals surface area contributed by atoms with Crippen LogP contribution < -0.4 is 10.2 Å². The number of thiazole rings is 2. The average Bonchev–Trinajstić information content (AvgIpc) is 3.67. The molecular weight excluding hydrogens is 742 g/mol. The second kappa shape index (κ2) is 13.3. The van der Waals surface area contributed by atoms with E-state index in [0.717, 1.165) is 42.7 Å². The van der Waals surface area contributed by atoms with E-state index in [0.29, 0.717) is 16.3 Å². The molecule has 1 saturated heterocycles. The molecule has 42 heavy (non-hydrogen) atoms. The maximum atomic E-state index is 12.9. The first-order chi connectivity index (χ1) is 19.8. The number of cyclic esters (lactones) is 1. The molecule has 1 aliphatic heterocycles. The average molecular weight is 760 g/mol. The lowest BCUT2D eigenvalue weighted by atomic mass is 10.2. The van der Waals surface area contributed by atoms with Crippen molar-refractivity contribution in [3.63, 3.8) is 0 Å². The normalized spacial score (nSPS) is 16.1. The van der Waals surface area contributed by atoms with Crippen LogP contribution in [0, 0.1) is 0 Å². The van der Waals surface area contributed by atoms with Gasteiger partial charge in [-0.05, 0) is 24.3 Å². The molecule has 0 saturated carbocycles. The van der Waals surface area contributed by atoms with Crippen LogP contribution in [0.3, 0.4) is 0 Å². The maximum Gasteiger partial charge on any atom is 0.416 e. The Bertz CT molecular complexity index is 1500. The van der Waals surface area contributed by atoms with Crippen LogP contribution in [0.2, 0.25) is 0 Å². The smallest absolute Gasteiger partial charge is 0.416 e. The van der Waals surface area contributed by atoms with Gasteiger partial charge in [-0.1, -0.05) is 56.1 Å². The van der Waals surface area contributed by atoms with Gasteiger partial charge in [0.2, 0.25) is 0 Å². The molecule has 224 valence electrons. The van der Waals surface area contributed by atoms with Crippen molar-refractivity contribution in [3.05, 3.63) is 68.2 Å². The van der Waals surface area contributed by atoms with Crippen molar-refractivity contribution in [1.82, 2.24) is 9.97 Å². The summed E-state index contributed by atoms with van der Waals surface area (Å²) in [5, 5.41) is 14.3. The second-order valence-electron chi connectivity index (χ2n) is 8.49. The molecule has 3 heterocycles. The Hall–Kier alpha value is -2.73. The summed E-state index contributed by atoms with van der Waals surface area (Å²) in [6.07, 6.45) is -10.1. The summed E-state index contributed by atoms with van der Waals surface area (Å²) in [4.78, 5) is 20.4. The minimum atomic E-state index is -4.56. The summed E-state index contributed by atoms with van der Waals surface area (Å²) >= 11 is 8.64. The number of aliphatic hydroxyl groups excluding tert-OH is 1. The highest BCUT2D eigenvalue weighted by Crippen LogP contribution is 2.37. The zero-order valence-electron chi connectivity index (χ0n) is 20.8. The molecule has 2 aromatic heterocycles. The first kappa shape index (κ1) is 32.2. The first-order valence-electron chi connectivity index (χ1n) is 11.7. The fourth-order valence-electron chi connectivity index (χ4n) is 3.48. The zero-order chi connectivity index (χ0) is 30.7. The monoisotopic (exact) mass is 758 g/mol. The summed E-state index contributed by atoms with van der Waals surface area (Å²) < 4.78 is 82.7. The summed E-state index contributed by atoms with van der Waals surface area (Å²) in [5.41, 5.74) is 2.66. The Balaban J connectivity index is 0.000000194. The lowest BCUT2D eigenvalue weighted by molar-refractivity contribution is -0.149. The Labute approximate surface area is 259 Å². The van der Waals surface area contributed by atoms with Crippen molar-refractivity contribution in [1.29, 1.82) is 0 Å². The quantitative estimate of drug-likeness (QED) is 0.192. The molecule has 1 amide bonds. The van der Waals surface area contributed by atoms with Crippen LogP contribution in [0.5, 0.6) is 0 Å². The summed E-state index contributed by atoms with van der Waals surface area (Å²) in [5.74, 6) is 0. The molecule has 2 N–H and O–H groups in total. The van der Waals surface area contributed by atoms with Gasteiger partial charge in [-0.3, -0.25) is 0 Å². The lowest BCUT2D eigenvalue weighted by Crippen LogP contribution is -2.44. The van der Waals surface area contributed by atoms with Gasteiger partial charge in [-0.2, -0.15) is 26.3 Å². The Morgan fingerprint density at radius 2 is 1.45 bits per heavy atom. The number of hydrogen-bond donors (Lipinski definition) is 2. The lowest BCUT2D eigenvalue weighted by Gasteiger charge is -2.20.